The van der Waals surface area contributed by atoms with E-state index >= 15 is 0 Å². The topological polar surface area (TPSA) is 103 Å². The Kier molecular flexibility index (Phi) is 5.02. The van der Waals surface area contributed by atoms with E-state index < -0.39 is 22.0 Å². The van der Waals surface area contributed by atoms with Crippen molar-refractivity contribution in [2.24, 2.45) is 11.8 Å². The van der Waals surface area contributed by atoms with Gasteiger partial charge in [0.25, 0.3) is 0 Å². The fraction of sp³-hybridized carbons (Fsp3) is 0.385. The highest BCUT2D eigenvalue weighted by Crippen LogP contribution is 2.17. The predicted molar refractivity (Wildman–Crippen MR) is 72.0 cm³/mol. The van der Waals surface area contributed by atoms with E-state index in [9.17, 15) is 22.6 Å². The number of hydrogen-bond acceptors (Lipinski definition) is 5. The number of ketones is 1. The van der Waals surface area contributed by atoms with E-state index in [1.165, 1.54) is 19.1 Å². The molecule has 0 saturated carbocycles. The van der Waals surface area contributed by atoms with Crippen molar-refractivity contribution in [3.63, 3.8) is 0 Å². The second-order valence-electron chi connectivity index (χ2n) is 4.66. The van der Waals surface area contributed by atoms with Crippen LogP contribution >= 0.6 is 0 Å². The van der Waals surface area contributed by atoms with Crippen LogP contribution in [-0.2, 0) is 19.7 Å². The molecule has 1 amide bonds. The molecule has 0 fully saturated rings. The third-order valence-electron chi connectivity index (χ3n) is 3.22. The second kappa shape index (κ2) is 6.15. The largest absolute Gasteiger partial charge is 0.744 e. The summed E-state index contributed by atoms with van der Waals surface area (Å²) in [7, 11) is -4.50. The number of Topliss-reactive ketones (excluding diaryl/α,β-unsaturated/α-hetero) is 1. The van der Waals surface area contributed by atoms with E-state index in [0.29, 0.717) is 5.69 Å². The predicted octanol–water partition coefficient (Wildman–Crippen LogP) is 1.39. The molecule has 0 aliphatic carbocycles. The molecule has 6 nitrogen and oxygen atoms in total. The third-order valence-corrected chi connectivity index (χ3v) is 4.06. The van der Waals surface area contributed by atoms with Crippen LogP contribution in [0.5, 0.6) is 0 Å². The molecule has 2 unspecified atom stereocenters. The fourth-order valence-corrected chi connectivity index (χ4v) is 2.01. The SMILES string of the molecule is CC(=O)C(C)C(C)C(=O)Nc1ccc(S(=O)(=O)[O-])cc1. The van der Waals surface area contributed by atoms with E-state index in [2.05, 4.69) is 5.32 Å². The molecular weight excluding hydrogens is 282 g/mol. The van der Waals surface area contributed by atoms with Gasteiger partial charge in [-0.05, 0) is 31.2 Å². The average molecular weight is 298 g/mol. The van der Waals surface area contributed by atoms with Gasteiger partial charge in [-0.15, -0.1) is 0 Å². The summed E-state index contributed by atoms with van der Waals surface area (Å²) in [4.78, 5) is 22.8. The Hall–Kier alpha value is -1.73. The summed E-state index contributed by atoms with van der Waals surface area (Å²) in [6.45, 7) is 4.72. The van der Waals surface area contributed by atoms with Crippen molar-refractivity contribution in [1.82, 2.24) is 0 Å². The Labute approximate surface area is 117 Å². The molecule has 1 rings (SSSR count). The van der Waals surface area contributed by atoms with Crippen LogP contribution in [0.1, 0.15) is 20.8 Å². The highest BCUT2D eigenvalue weighted by Gasteiger charge is 2.23. The van der Waals surface area contributed by atoms with Gasteiger partial charge in [-0.1, -0.05) is 13.8 Å². The molecule has 0 aromatic heterocycles. The summed E-state index contributed by atoms with van der Waals surface area (Å²) in [6, 6.07) is 4.90. The Morgan fingerprint density at radius 3 is 2.00 bits per heavy atom. The van der Waals surface area contributed by atoms with Gasteiger partial charge in [-0.25, -0.2) is 8.42 Å². The molecule has 110 valence electrons. The van der Waals surface area contributed by atoms with E-state index in [1.807, 2.05) is 0 Å². The van der Waals surface area contributed by atoms with Crippen LogP contribution in [0.2, 0.25) is 0 Å². The minimum atomic E-state index is -4.50. The zero-order valence-electron chi connectivity index (χ0n) is 11.4. The van der Waals surface area contributed by atoms with Crippen LogP contribution in [0.3, 0.4) is 0 Å². The lowest BCUT2D eigenvalue weighted by molar-refractivity contribution is -0.128. The Morgan fingerprint density at radius 1 is 1.10 bits per heavy atom. The van der Waals surface area contributed by atoms with E-state index in [1.54, 1.807) is 13.8 Å². The van der Waals surface area contributed by atoms with Crippen LogP contribution < -0.4 is 5.32 Å². The average Bonchev–Trinajstić information content (AvgIpc) is 2.36. The summed E-state index contributed by atoms with van der Waals surface area (Å²) in [5.41, 5.74) is 0.366. The van der Waals surface area contributed by atoms with Crippen molar-refractivity contribution >= 4 is 27.5 Å². The second-order valence-corrected chi connectivity index (χ2v) is 6.04. The van der Waals surface area contributed by atoms with Gasteiger partial charge in [0.05, 0.1) is 4.90 Å². The van der Waals surface area contributed by atoms with Crippen molar-refractivity contribution < 1.29 is 22.6 Å². The van der Waals surface area contributed by atoms with Crippen molar-refractivity contribution in [1.29, 1.82) is 0 Å². The van der Waals surface area contributed by atoms with Gasteiger partial charge in [0.2, 0.25) is 5.91 Å². The van der Waals surface area contributed by atoms with Crippen molar-refractivity contribution in [3.05, 3.63) is 24.3 Å². The van der Waals surface area contributed by atoms with Gasteiger partial charge >= 0.3 is 0 Å². The number of carbonyl (C=O) groups is 2. The maximum Gasteiger partial charge on any atom is 0.227 e. The first-order valence-electron chi connectivity index (χ1n) is 6.00. The zero-order valence-corrected chi connectivity index (χ0v) is 12.2. The Bertz CT molecular complexity index is 606. The van der Waals surface area contributed by atoms with Crippen molar-refractivity contribution in [3.8, 4) is 0 Å². The highest BCUT2D eigenvalue weighted by molar-refractivity contribution is 7.85. The van der Waals surface area contributed by atoms with Crippen LogP contribution in [0, 0.1) is 11.8 Å². The summed E-state index contributed by atoms with van der Waals surface area (Å²) >= 11 is 0. The summed E-state index contributed by atoms with van der Waals surface area (Å²) < 4.78 is 32.3. The zero-order chi connectivity index (χ0) is 15.5. The van der Waals surface area contributed by atoms with Crippen LogP contribution in [-0.4, -0.2) is 24.7 Å². The molecule has 1 aromatic rings. The number of anilines is 1. The van der Waals surface area contributed by atoms with E-state index in [0.717, 1.165) is 12.1 Å². The molecule has 20 heavy (non-hydrogen) atoms. The number of benzene rings is 1. The van der Waals surface area contributed by atoms with Crippen molar-refractivity contribution in [2.75, 3.05) is 5.32 Å². The molecule has 0 bridgehead atoms. The lowest BCUT2D eigenvalue weighted by Gasteiger charge is -2.17. The molecule has 7 heteroatoms. The normalized spacial score (nSPS) is 14.4. The minimum Gasteiger partial charge on any atom is -0.744 e. The molecule has 1 aromatic carbocycles. The van der Waals surface area contributed by atoms with Crippen LogP contribution in [0.25, 0.3) is 0 Å². The van der Waals surface area contributed by atoms with E-state index in [4.69, 9.17) is 0 Å². The summed E-state index contributed by atoms with van der Waals surface area (Å²) in [6.07, 6.45) is 0. The van der Waals surface area contributed by atoms with Gasteiger partial charge in [0.15, 0.2) is 0 Å². The van der Waals surface area contributed by atoms with Crippen LogP contribution in [0.4, 0.5) is 5.69 Å². The summed E-state index contributed by atoms with van der Waals surface area (Å²) in [5, 5.41) is 2.57. The lowest BCUT2D eigenvalue weighted by atomic mass is 9.92. The molecule has 0 saturated heterocycles. The number of rotatable bonds is 5. The van der Waals surface area contributed by atoms with Gasteiger partial charge in [-0.2, -0.15) is 0 Å². The molecule has 2 atom stereocenters. The monoisotopic (exact) mass is 298 g/mol. The molecule has 0 aliphatic heterocycles. The minimum absolute atomic E-state index is 0.0829. The van der Waals surface area contributed by atoms with Gasteiger partial charge in [0.1, 0.15) is 15.9 Å². The fourth-order valence-electron chi connectivity index (χ4n) is 1.54. The Morgan fingerprint density at radius 2 is 1.60 bits per heavy atom. The van der Waals surface area contributed by atoms with Gasteiger partial charge in [-0.3, -0.25) is 9.59 Å². The van der Waals surface area contributed by atoms with Crippen LogP contribution in [0.15, 0.2) is 29.2 Å². The third kappa shape index (κ3) is 4.14. The van der Waals surface area contributed by atoms with Gasteiger partial charge in [0, 0.05) is 17.5 Å². The first kappa shape index (κ1) is 16.3. The van der Waals surface area contributed by atoms with Gasteiger partial charge < -0.3 is 9.87 Å². The molecule has 0 spiro atoms. The molecule has 0 aliphatic rings. The first-order chi connectivity index (χ1) is 9.12. The number of amides is 1. The Balaban J connectivity index is 2.79. The van der Waals surface area contributed by atoms with E-state index in [-0.39, 0.29) is 16.6 Å². The summed E-state index contributed by atoms with van der Waals surface area (Å²) in [5.74, 6) is -1.34. The molecule has 1 N–H and O–H groups in total. The first-order valence-corrected chi connectivity index (χ1v) is 7.41. The number of carbonyl (C=O) groups excluding carboxylic acids is 2. The maximum absolute atomic E-state index is 11.9. The molecule has 0 radical (unpaired) electrons. The molecular formula is C13H16NO5S-. The standard InChI is InChI=1S/C13H17NO5S/c1-8(10(3)15)9(2)13(16)14-11-4-6-12(7-5-11)20(17,18)19/h4-9H,1-3H3,(H,14,16)(H,17,18,19)/p-1. The number of nitrogens with one attached hydrogen (secondary N) is 1. The smallest absolute Gasteiger partial charge is 0.227 e. The quantitative estimate of drug-likeness (QED) is 0.827. The maximum atomic E-state index is 11.9. The van der Waals surface area contributed by atoms with Crippen molar-refractivity contribution in [2.45, 2.75) is 25.7 Å². The number of hydrogen-bond donors (Lipinski definition) is 1. The molecule has 0 heterocycles. The highest BCUT2D eigenvalue weighted by atomic mass is 32.2. The lowest BCUT2D eigenvalue weighted by Crippen LogP contribution is -2.29.